The van der Waals surface area contributed by atoms with Crippen molar-refractivity contribution in [3.63, 3.8) is 0 Å². The van der Waals surface area contributed by atoms with Gasteiger partial charge in [0.1, 0.15) is 5.54 Å². The van der Waals surface area contributed by atoms with E-state index in [-0.39, 0.29) is 5.91 Å². The molecule has 1 aliphatic carbocycles. The van der Waals surface area contributed by atoms with Crippen molar-refractivity contribution in [3.8, 4) is 0 Å². The predicted octanol–water partition coefficient (Wildman–Crippen LogP) is 1.64. The average Bonchev–Trinajstić information content (AvgIpc) is 2.65. The SMILES string of the molecule is O=C(CCC1CCC1)NC1(C(=O)O)CCSC1. The zero-order valence-corrected chi connectivity index (χ0v) is 10.7. The molecule has 0 radical (unpaired) electrons. The Morgan fingerprint density at radius 1 is 1.41 bits per heavy atom. The van der Waals surface area contributed by atoms with Crippen molar-refractivity contribution in [2.24, 2.45) is 5.92 Å². The highest BCUT2D eigenvalue weighted by Gasteiger charge is 2.43. The minimum atomic E-state index is -0.999. The Labute approximate surface area is 106 Å². The van der Waals surface area contributed by atoms with Gasteiger partial charge in [-0.15, -0.1) is 0 Å². The number of aliphatic carboxylic acids is 1. The lowest BCUT2D eigenvalue weighted by molar-refractivity contribution is -0.146. The van der Waals surface area contributed by atoms with Crippen molar-refractivity contribution in [1.29, 1.82) is 0 Å². The molecule has 0 bridgehead atoms. The number of carbonyl (C=O) groups excluding carboxylic acids is 1. The summed E-state index contributed by atoms with van der Waals surface area (Å²) in [6.07, 6.45) is 5.67. The van der Waals surface area contributed by atoms with Gasteiger partial charge < -0.3 is 10.4 Å². The maximum Gasteiger partial charge on any atom is 0.330 e. The molecule has 1 atom stereocenters. The molecule has 1 amide bonds. The first-order valence-corrected chi connectivity index (χ1v) is 7.40. The topological polar surface area (TPSA) is 66.4 Å². The van der Waals surface area contributed by atoms with E-state index in [1.807, 2.05) is 0 Å². The van der Waals surface area contributed by atoms with Gasteiger partial charge in [-0.3, -0.25) is 4.79 Å². The summed E-state index contributed by atoms with van der Waals surface area (Å²) in [4.78, 5) is 23.0. The van der Waals surface area contributed by atoms with E-state index < -0.39 is 11.5 Å². The highest BCUT2D eigenvalue weighted by molar-refractivity contribution is 7.99. The molecule has 96 valence electrons. The van der Waals surface area contributed by atoms with Crippen LogP contribution in [0.2, 0.25) is 0 Å². The fourth-order valence-electron chi connectivity index (χ4n) is 2.33. The van der Waals surface area contributed by atoms with Crippen LogP contribution >= 0.6 is 11.8 Å². The summed E-state index contributed by atoms with van der Waals surface area (Å²) in [6, 6.07) is 0. The highest BCUT2D eigenvalue weighted by atomic mass is 32.2. The van der Waals surface area contributed by atoms with Gasteiger partial charge in [0.15, 0.2) is 0 Å². The normalized spacial score (nSPS) is 28.7. The summed E-state index contributed by atoms with van der Waals surface area (Å²) >= 11 is 1.60. The van der Waals surface area contributed by atoms with E-state index >= 15 is 0 Å². The van der Waals surface area contributed by atoms with E-state index in [1.54, 1.807) is 11.8 Å². The zero-order valence-electron chi connectivity index (χ0n) is 9.91. The first kappa shape index (κ1) is 12.7. The van der Waals surface area contributed by atoms with E-state index in [0.29, 0.717) is 24.5 Å². The van der Waals surface area contributed by atoms with Crippen LogP contribution in [0.3, 0.4) is 0 Å². The van der Waals surface area contributed by atoms with Gasteiger partial charge >= 0.3 is 5.97 Å². The van der Waals surface area contributed by atoms with Gasteiger partial charge in [-0.05, 0) is 24.5 Å². The molecule has 1 aliphatic heterocycles. The number of carbonyl (C=O) groups is 2. The fourth-order valence-corrected chi connectivity index (χ4v) is 3.66. The molecule has 1 saturated heterocycles. The van der Waals surface area contributed by atoms with E-state index in [1.165, 1.54) is 19.3 Å². The average molecular weight is 257 g/mol. The lowest BCUT2D eigenvalue weighted by Gasteiger charge is -2.27. The number of rotatable bonds is 5. The number of carboxylic acid groups (broad SMARTS) is 1. The van der Waals surface area contributed by atoms with E-state index in [9.17, 15) is 14.7 Å². The maximum absolute atomic E-state index is 11.8. The van der Waals surface area contributed by atoms with Crippen LogP contribution in [0.25, 0.3) is 0 Å². The number of amides is 1. The molecule has 0 spiro atoms. The van der Waals surface area contributed by atoms with Gasteiger partial charge in [0.2, 0.25) is 5.91 Å². The standard InChI is InChI=1S/C12H19NO3S/c14-10(5-4-9-2-1-3-9)13-12(11(15)16)6-7-17-8-12/h9H,1-8H2,(H,13,14)(H,15,16). The largest absolute Gasteiger partial charge is 0.479 e. The Kier molecular flexibility index (Phi) is 3.97. The predicted molar refractivity (Wildman–Crippen MR) is 67.0 cm³/mol. The second-order valence-corrected chi connectivity index (χ2v) is 6.18. The highest BCUT2D eigenvalue weighted by Crippen LogP contribution is 2.31. The van der Waals surface area contributed by atoms with Gasteiger partial charge in [0.25, 0.3) is 0 Å². The molecule has 2 aliphatic rings. The molecule has 1 saturated carbocycles. The van der Waals surface area contributed by atoms with Gasteiger partial charge in [0.05, 0.1) is 0 Å². The minimum absolute atomic E-state index is 0.0956. The number of hydrogen-bond donors (Lipinski definition) is 2. The summed E-state index contributed by atoms with van der Waals surface area (Å²) in [5.74, 6) is 1.02. The molecule has 0 aromatic carbocycles. The third-order valence-corrected chi connectivity index (χ3v) is 5.00. The molecule has 17 heavy (non-hydrogen) atoms. The minimum Gasteiger partial charge on any atom is -0.479 e. The van der Waals surface area contributed by atoms with Gasteiger partial charge in [0, 0.05) is 12.2 Å². The summed E-state index contributed by atoms with van der Waals surface area (Å²) in [7, 11) is 0. The van der Waals surface area contributed by atoms with Crippen molar-refractivity contribution in [2.45, 2.75) is 44.1 Å². The molecule has 0 aromatic heterocycles. The third-order valence-electron chi connectivity index (χ3n) is 3.81. The second-order valence-electron chi connectivity index (χ2n) is 5.07. The van der Waals surface area contributed by atoms with Crippen LogP contribution in [0.5, 0.6) is 0 Å². The number of nitrogens with one attached hydrogen (secondary N) is 1. The van der Waals surface area contributed by atoms with Gasteiger partial charge in [-0.25, -0.2) is 4.79 Å². The molecule has 2 N–H and O–H groups in total. The first-order valence-electron chi connectivity index (χ1n) is 6.24. The number of thioether (sulfide) groups is 1. The summed E-state index contributed by atoms with van der Waals surface area (Å²) in [5.41, 5.74) is -0.999. The number of carboxylic acids is 1. The Hall–Kier alpha value is -0.710. The molecule has 1 heterocycles. The van der Waals surface area contributed by atoms with Crippen LogP contribution in [-0.2, 0) is 9.59 Å². The van der Waals surface area contributed by atoms with Crippen LogP contribution < -0.4 is 5.32 Å². The third kappa shape index (κ3) is 2.94. The molecule has 5 heteroatoms. The zero-order chi connectivity index (χ0) is 12.3. The van der Waals surface area contributed by atoms with Crippen LogP contribution in [-0.4, -0.2) is 34.0 Å². The van der Waals surface area contributed by atoms with E-state index in [4.69, 9.17) is 0 Å². The Morgan fingerprint density at radius 3 is 2.65 bits per heavy atom. The fraction of sp³-hybridized carbons (Fsp3) is 0.833. The lowest BCUT2D eigenvalue weighted by Crippen LogP contribution is -2.54. The summed E-state index contributed by atoms with van der Waals surface area (Å²) < 4.78 is 0. The molecular weight excluding hydrogens is 238 g/mol. The first-order chi connectivity index (χ1) is 8.12. The quantitative estimate of drug-likeness (QED) is 0.786. The summed E-state index contributed by atoms with van der Waals surface area (Å²) in [5, 5.41) is 12.0. The molecule has 2 rings (SSSR count). The van der Waals surface area contributed by atoms with Gasteiger partial charge in [-0.1, -0.05) is 19.3 Å². The second kappa shape index (κ2) is 5.29. The molecular formula is C12H19NO3S. The summed E-state index contributed by atoms with van der Waals surface area (Å²) in [6.45, 7) is 0. The van der Waals surface area contributed by atoms with Crippen molar-refractivity contribution in [3.05, 3.63) is 0 Å². The molecule has 2 fully saturated rings. The Balaban J connectivity index is 1.80. The smallest absolute Gasteiger partial charge is 0.330 e. The molecule has 1 unspecified atom stereocenters. The Morgan fingerprint density at radius 2 is 2.18 bits per heavy atom. The lowest BCUT2D eigenvalue weighted by atomic mass is 9.82. The van der Waals surface area contributed by atoms with Crippen molar-refractivity contribution >= 4 is 23.6 Å². The monoisotopic (exact) mass is 257 g/mol. The van der Waals surface area contributed by atoms with Crippen molar-refractivity contribution in [1.82, 2.24) is 5.32 Å². The van der Waals surface area contributed by atoms with Crippen molar-refractivity contribution in [2.75, 3.05) is 11.5 Å². The van der Waals surface area contributed by atoms with Crippen LogP contribution in [0.4, 0.5) is 0 Å². The van der Waals surface area contributed by atoms with Crippen LogP contribution in [0.15, 0.2) is 0 Å². The molecule has 4 nitrogen and oxygen atoms in total. The van der Waals surface area contributed by atoms with E-state index in [0.717, 1.165) is 12.2 Å². The van der Waals surface area contributed by atoms with Gasteiger partial charge in [-0.2, -0.15) is 11.8 Å². The Bertz CT molecular complexity index is 309. The van der Waals surface area contributed by atoms with Crippen LogP contribution in [0.1, 0.15) is 38.5 Å². The van der Waals surface area contributed by atoms with E-state index in [2.05, 4.69) is 5.32 Å². The number of hydrogen-bond acceptors (Lipinski definition) is 3. The maximum atomic E-state index is 11.8. The van der Waals surface area contributed by atoms with Crippen molar-refractivity contribution < 1.29 is 14.7 Å². The van der Waals surface area contributed by atoms with Crippen LogP contribution in [0, 0.1) is 5.92 Å². The molecule has 0 aromatic rings.